The van der Waals surface area contributed by atoms with Gasteiger partial charge in [0.2, 0.25) is 0 Å². The number of fused-ring (bicyclic) bond motifs is 1. The smallest absolute Gasteiger partial charge is 0.151 e. The summed E-state index contributed by atoms with van der Waals surface area (Å²) in [6.45, 7) is 2.16. The molecule has 0 aliphatic carbocycles. The minimum absolute atomic E-state index is 0.210. The van der Waals surface area contributed by atoms with Gasteiger partial charge in [-0.25, -0.2) is 9.97 Å². The number of phenolic OH excluding ortho intramolecular Hbond substituents is 1. The number of thiophene rings is 1. The number of aliphatic hydroxyl groups excluding tert-OH is 1. The largest absolute Gasteiger partial charge is 0.508 e. The number of hydrogen-bond donors (Lipinski definition) is 3. The van der Waals surface area contributed by atoms with E-state index in [1.54, 1.807) is 35.9 Å². The minimum Gasteiger partial charge on any atom is -0.508 e. The van der Waals surface area contributed by atoms with Crippen LogP contribution in [0.25, 0.3) is 20.7 Å². The molecule has 1 fully saturated rings. The van der Waals surface area contributed by atoms with Crippen molar-refractivity contribution in [3.05, 3.63) is 66.5 Å². The van der Waals surface area contributed by atoms with Crippen LogP contribution in [0.2, 0.25) is 0 Å². The number of nitrogens with one attached hydrogen (secondary N) is 1. The first kappa shape index (κ1) is 19.9. The van der Waals surface area contributed by atoms with Crippen LogP contribution in [-0.4, -0.2) is 44.3 Å². The number of anilines is 2. The molecular formula is C24H24N4O2S. The predicted molar refractivity (Wildman–Crippen MR) is 125 cm³/mol. The van der Waals surface area contributed by atoms with Gasteiger partial charge in [-0.15, -0.1) is 11.3 Å². The highest BCUT2D eigenvalue weighted by molar-refractivity contribution is 7.22. The Balaban J connectivity index is 1.38. The predicted octanol–water partition coefficient (Wildman–Crippen LogP) is 4.76. The molecule has 158 valence electrons. The molecule has 7 heteroatoms. The molecule has 5 rings (SSSR count). The van der Waals surface area contributed by atoms with E-state index in [9.17, 15) is 10.2 Å². The van der Waals surface area contributed by atoms with Gasteiger partial charge in [0.05, 0.1) is 16.8 Å². The molecule has 2 aromatic carbocycles. The molecule has 6 nitrogen and oxygen atoms in total. The molecule has 3 N–H and O–H groups in total. The highest BCUT2D eigenvalue weighted by atomic mass is 32.1. The first-order valence-corrected chi connectivity index (χ1v) is 11.3. The fraction of sp³-hybridized carbons (Fsp3) is 0.250. The van der Waals surface area contributed by atoms with Crippen molar-refractivity contribution in [2.24, 2.45) is 0 Å². The standard InChI is InChI=1S/C24H24N4O2S/c29-14-19-4-2-10-28(19)13-16-6-8-17(9-7-16)22-12-21-23(31-22)24(26-15-25-21)27-18-3-1-5-20(30)11-18/h1,3,5-9,11-12,15,19,29-30H,2,4,10,13-14H2,(H,25,26,27). The third-order valence-corrected chi connectivity index (χ3v) is 6.93. The SMILES string of the molecule is OCC1CCCN1Cc1ccc(-c2cc3ncnc(Nc4cccc(O)c4)c3s2)cc1. The van der Waals surface area contributed by atoms with Crippen LogP contribution in [0.4, 0.5) is 11.5 Å². The third kappa shape index (κ3) is 4.25. The van der Waals surface area contributed by atoms with E-state index in [4.69, 9.17) is 0 Å². The van der Waals surface area contributed by atoms with E-state index in [-0.39, 0.29) is 12.4 Å². The van der Waals surface area contributed by atoms with Crippen LogP contribution in [0.15, 0.2) is 60.9 Å². The van der Waals surface area contributed by atoms with Crippen LogP contribution >= 0.6 is 11.3 Å². The number of aromatic nitrogens is 2. The van der Waals surface area contributed by atoms with Gasteiger partial charge in [0.15, 0.2) is 5.82 Å². The van der Waals surface area contributed by atoms with Crippen molar-refractivity contribution in [1.82, 2.24) is 14.9 Å². The number of rotatable bonds is 6. The van der Waals surface area contributed by atoms with Crippen molar-refractivity contribution in [3.63, 3.8) is 0 Å². The van der Waals surface area contributed by atoms with Gasteiger partial charge in [-0.05, 0) is 48.7 Å². The van der Waals surface area contributed by atoms with Crippen LogP contribution in [0.1, 0.15) is 18.4 Å². The Kier molecular flexibility index (Phi) is 5.55. The Morgan fingerprint density at radius 3 is 2.77 bits per heavy atom. The normalized spacial score (nSPS) is 16.7. The van der Waals surface area contributed by atoms with Gasteiger partial charge in [0, 0.05) is 29.2 Å². The molecule has 0 saturated carbocycles. The van der Waals surface area contributed by atoms with Crippen molar-refractivity contribution >= 4 is 33.1 Å². The van der Waals surface area contributed by atoms with Crippen molar-refractivity contribution in [1.29, 1.82) is 0 Å². The molecule has 1 aliphatic rings. The van der Waals surface area contributed by atoms with E-state index in [2.05, 4.69) is 50.5 Å². The molecule has 0 radical (unpaired) electrons. The summed E-state index contributed by atoms with van der Waals surface area (Å²) in [5, 5.41) is 22.5. The Morgan fingerprint density at radius 2 is 1.97 bits per heavy atom. The van der Waals surface area contributed by atoms with E-state index in [0.717, 1.165) is 58.1 Å². The third-order valence-electron chi connectivity index (χ3n) is 5.75. The van der Waals surface area contributed by atoms with Gasteiger partial charge in [0.25, 0.3) is 0 Å². The zero-order valence-electron chi connectivity index (χ0n) is 17.0. The van der Waals surface area contributed by atoms with Crippen molar-refractivity contribution in [2.75, 3.05) is 18.5 Å². The van der Waals surface area contributed by atoms with Gasteiger partial charge in [-0.2, -0.15) is 0 Å². The summed E-state index contributed by atoms with van der Waals surface area (Å²) in [4.78, 5) is 12.3. The molecule has 1 atom stereocenters. The monoisotopic (exact) mass is 432 g/mol. The van der Waals surface area contributed by atoms with Crippen LogP contribution in [0, 0.1) is 0 Å². The molecule has 31 heavy (non-hydrogen) atoms. The number of likely N-dealkylation sites (tertiary alicyclic amines) is 1. The van der Waals surface area contributed by atoms with Crippen LogP contribution < -0.4 is 5.32 Å². The maximum absolute atomic E-state index is 9.71. The van der Waals surface area contributed by atoms with E-state index < -0.39 is 0 Å². The molecule has 0 spiro atoms. The first-order valence-electron chi connectivity index (χ1n) is 10.4. The maximum atomic E-state index is 9.71. The summed E-state index contributed by atoms with van der Waals surface area (Å²) in [7, 11) is 0. The fourth-order valence-corrected chi connectivity index (χ4v) is 5.19. The zero-order valence-corrected chi connectivity index (χ0v) is 17.8. The van der Waals surface area contributed by atoms with E-state index in [0.29, 0.717) is 6.04 Å². The van der Waals surface area contributed by atoms with E-state index in [1.807, 2.05) is 6.07 Å². The lowest BCUT2D eigenvalue weighted by atomic mass is 10.1. The summed E-state index contributed by atoms with van der Waals surface area (Å²) in [6, 6.07) is 18.0. The quantitative estimate of drug-likeness (QED) is 0.407. The summed E-state index contributed by atoms with van der Waals surface area (Å²) >= 11 is 1.65. The summed E-state index contributed by atoms with van der Waals surface area (Å²) in [5.41, 5.74) is 4.08. The Morgan fingerprint density at radius 1 is 1.10 bits per heavy atom. The highest BCUT2D eigenvalue weighted by Crippen LogP contribution is 2.37. The lowest BCUT2D eigenvalue weighted by Crippen LogP contribution is -2.31. The number of nitrogens with zero attached hydrogens (tertiary/aromatic N) is 3. The second kappa shape index (κ2) is 8.63. The summed E-state index contributed by atoms with van der Waals surface area (Å²) in [5.74, 6) is 0.939. The maximum Gasteiger partial charge on any atom is 0.151 e. The number of phenols is 1. The van der Waals surface area contributed by atoms with Gasteiger partial charge in [-0.1, -0.05) is 30.3 Å². The van der Waals surface area contributed by atoms with Crippen molar-refractivity contribution in [3.8, 4) is 16.2 Å². The Hall–Kier alpha value is -3.00. The molecule has 1 saturated heterocycles. The number of aromatic hydroxyl groups is 1. The van der Waals surface area contributed by atoms with Crippen molar-refractivity contribution < 1.29 is 10.2 Å². The van der Waals surface area contributed by atoms with Crippen LogP contribution in [0.5, 0.6) is 5.75 Å². The number of aliphatic hydroxyl groups is 1. The van der Waals surface area contributed by atoms with Gasteiger partial charge in [-0.3, -0.25) is 4.90 Å². The molecule has 1 unspecified atom stereocenters. The number of hydrogen-bond acceptors (Lipinski definition) is 7. The average Bonchev–Trinajstić information content (AvgIpc) is 3.41. The Labute approximate surface area is 184 Å². The van der Waals surface area contributed by atoms with Gasteiger partial charge >= 0.3 is 0 Å². The topological polar surface area (TPSA) is 81.5 Å². The van der Waals surface area contributed by atoms with Gasteiger partial charge < -0.3 is 15.5 Å². The first-order chi connectivity index (χ1) is 15.2. The molecule has 0 bridgehead atoms. The fourth-order valence-electron chi connectivity index (χ4n) is 4.13. The molecule has 0 amide bonds. The second-order valence-corrected chi connectivity index (χ2v) is 8.92. The minimum atomic E-state index is 0.210. The van der Waals surface area contributed by atoms with Gasteiger partial charge in [0.1, 0.15) is 12.1 Å². The zero-order chi connectivity index (χ0) is 21.2. The molecule has 3 heterocycles. The van der Waals surface area contributed by atoms with E-state index in [1.165, 1.54) is 5.56 Å². The number of benzene rings is 2. The van der Waals surface area contributed by atoms with E-state index >= 15 is 0 Å². The van der Waals surface area contributed by atoms with Crippen LogP contribution in [0.3, 0.4) is 0 Å². The van der Waals surface area contributed by atoms with Crippen LogP contribution in [-0.2, 0) is 6.54 Å². The molecule has 1 aliphatic heterocycles. The Bertz CT molecular complexity index is 1190. The second-order valence-electron chi connectivity index (χ2n) is 7.87. The lowest BCUT2D eigenvalue weighted by molar-refractivity contribution is 0.153. The highest BCUT2D eigenvalue weighted by Gasteiger charge is 2.23. The molecule has 2 aromatic heterocycles. The van der Waals surface area contributed by atoms with Crippen molar-refractivity contribution in [2.45, 2.75) is 25.4 Å². The summed E-state index contributed by atoms with van der Waals surface area (Å²) < 4.78 is 0.979. The molecular weight excluding hydrogens is 408 g/mol. The summed E-state index contributed by atoms with van der Waals surface area (Å²) in [6.07, 6.45) is 3.79. The molecule has 4 aromatic rings. The lowest BCUT2D eigenvalue weighted by Gasteiger charge is -2.22. The average molecular weight is 433 g/mol.